The molecule has 1 saturated heterocycles. The number of sulfonamides is 1. The highest BCUT2D eigenvalue weighted by Crippen LogP contribution is 2.14. The van der Waals surface area contributed by atoms with E-state index >= 15 is 0 Å². The van der Waals surface area contributed by atoms with Crippen molar-refractivity contribution in [1.82, 2.24) is 19.2 Å². The normalized spacial score (nSPS) is 19.1. The van der Waals surface area contributed by atoms with Gasteiger partial charge in [0.2, 0.25) is 5.91 Å². The molecular formula is C8H12N4O3S. The standard InChI is InChI=1S/C8H12N4O3S/c1-11-2-3-12(5-8(11)13)16(14,15)7-4-9-6-10-7/h4,6H,2-3,5H2,1H3,(H,9,10). The molecule has 0 aliphatic carbocycles. The smallest absolute Gasteiger partial charge is 0.260 e. The van der Waals surface area contributed by atoms with Crippen molar-refractivity contribution in [1.29, 1.82) is 0 Å². The molecular weight excluding hydrogens is 232 g/mol. The van der Waals surface area contributed by atoms with Gasteiger partial charge in [-0.25, -0.2) is 13.4 Å². The lowest BCUT2D eigenvalue weighted by Crippen LogP contribution is -2.50. The molecule has 0 atom stereocenters. The van der Waals surface area contributed by atoms with Gasteiger partial charge in [-0.05, 0) is 0 Å². The number of amides is 1. The third kappa shape index (κ3) is 1.81. The van der Waals surface area contributed by atoms with E-state index in [2.05, 4.69) is 9.97 Å². The fourth-order valence-electron chi connectivity index (χ4n) is 1.47. The molecule has 1 fully saturated rings. The molecule has 7 nitrogen and oxygen atoms in total. The molecule has 0 radical (unpaired) electrons. The summed E-state index contributed by atoms with van der Waals surface area (Å²) in [6, 6.07) is 0. The van der Waals surface area contributed by atoms with Gasteiger partial charge >= 0.3 is 0 Å². The number of piperazine rings is 1. The summed E-state index contributed by atoms with van der Waals surface area (Å²) in [7, 11) is -1.95. The highest BCUT2D eigenvalue weighted by molar-refractivity contribution is 7.89. The monoisotopic (exact) mass is 244 g/mol. The van der Waals surface area contributed by atoms with Gasteiger partial charge in [0.25, 0.3) is 10.0 Å². The van der Waals surface area contributed by atoms with E-state index in [1.165, 1.54) is 17.4 Å². The van der Waals surface area contributed by atoms with Crippen LogP contribution in [0.15, 0.2) is 17.6 Å². The van der Waals surface area contributed by atoms with Gasteiger partial charge in [0, 0.05) is 20.1 Å². The molecule has 1 amide bonds. The number of nitrogens with one attached hydrogen (secondary N) is 1. The molecule has 1 N–H and O–H groups in total. The second-order valence-electron chi connectivity index (χ2n) is 3.57. The van der Waals surface area contributed by atoms with Crippen molar-refractivity contribution in [3.63, 3.8) is 0 Å². The number of H-pyrrole nitrogens is 1. The van der Waals surface area contributed by atoms with E-state index in [1.807, 2.05) is 0 Å². The van der Waals surface area contributed by atoms with Crippen LogP contribution < -0.4 is 0 Å². The zero-order valence-corrected chi connectivity index (χ0v) is 9.57. The number of carbonyl (C=O) groups is 1. The average Bonchev–Trinajstić information content (AvgIpc) is 2.75. The van der Waals surface area contributed by atoms with E-state index in [-0.39, 0.29) is 17.5 Å². The summed E-state index contributed by atoms with van der Waals surface area (Å²) < 4.78 is 25.1. The van der Waals surface area contributed by atoms with Crippen LogP contribution in [0.2, 0.25) is 0 Å². The van der Waals surface area contributed by atoms with Crippen molar-refractivity contribution in [2.24, 2.45) is 0 Å². The lowest BCUT2D eigenvalue weighted by atomic mass is 10.4. The minimum atomic E-state index is -3.61. The van der Waals surface area contributed by atoms with Gasteiger partial charge in [-0.15, -0.1) is 0 Å². The van der Waals surface area contributed by atoms with E-state index in [4.69, 9.17) is 0 Å². The minimum absolute atomic E-state index is 0.0184. The molecule has 2 heterocycles. The molecule has 0 aromatic carbocycles. The van der Waals surface area contributed by atoms with Crippen LogP contribution in [0, 0.1) is 0 Å². The van der Waals surface area contributed by atoms with Crippen molar-refractivity contribution in [2.75, 3.05) is 26.7 Å². The van der Waals surface area contributed by atoms with Gasteiger partial charge in [0.05, 0.1) is 19.1 Å². The summed E-state index contributed by atoms with van der Waals surface area (Å²) in [5, 5.41) is 0.0184. The Balaban J connectivity index is 2.23. The summed E-state index contributed by atoms with van der Waals surface area (Å²) in [5.41, 5.74) is 0. The number of likely N-dealkylation sites (N-methyl/N-ethyl adjacent to an activating group) is 1. The predicted molar refractivity (Wildman–Crippen MR) is 55.0 cm³/mol. The first-order valence-electron chi connectivity index (χ1n) is 4.74. The SMILES string of the molecule is CN1CCN(S(=O)(=O)c2cnc[nH]2)CC1=O. The Morgan fingerprint density at radius 2 is 2.19 bits per heavy atom. The summed E-state index contributed by atoms with van der Waals surface area (Å²) >= 11 is 0. The van der Waals surface area contributed by atoms with Crippen molar-refractivity contribution >= 4 is 15.9 Å². The maximum absolute atomic E-state index is 12.0. The Labute approximate surface area is 93.1 Å². The number of aromatic amines is 1. The minimum Gasteiger partial charge on any atom is -0.343 e. The van der Waals surface area contributed by atoms with E-state index < -0.39 is 10.0 Å². The van der Waals surface area contributed by atoms with Crippen molar-refractivity contribution in [3.8, 4) is 0 Å². The molecule has 0 bridgehead atoms. The lowest BCUT2D eigenvalue weighted by molar-refractivity contribution is -0.132. The largest absolute Gasteiger partial charge is 0.343 e. The van der Waals surface area contributed by atoms with Crippen molar-refractivity contribution in [2.45, 2.75) is 5.03 Å². The maximum atomic E-state index is 12.0. The molecule has 1 aliphatic heterocycles. The van der Waals surface area contributed by atoms with Crippen LogP contribution in [0.3, 0.4) is 0 Å². The van der Waals surface area contributed by atoms with Gasteiger partial charge in [-0.3, -0.25) is 4.79 Å². The first kappa shape index (κ1) is 11.1. The summed E-state index contributed by atoms with van der Waals surface area (Å²) in [5.74, 6) is -0.200. The van der Waals surface area contributed by atoms with E-state index in [0.29, 0.717) is 13.1 Å². The van der Waals surface area contributed by atoms with Gasteiger partial charge in [0.15, 0.2) is 5.03 Å². The van der Waals surface area contributed by atoms with Crippen LogP contribution >= 0.6 is 0 Å². The summed E-state index contributed by atoms with van der Waals surface area (Å²) in [6.45, 7) is 0.605. The highest BCUT2D eigenvalue weighted by Gasteiger charge is 2.32. The molecule has 16 heavy (non-hydrogen) atoms. The third-order valence-corrected chi connectivity index (χ3v) is 4.28. The summed E-state index contributed by atoms with van der Waals surface area (Å²) in [4.78, 5) is 19.1. The molecule has 1 aromatic heterocycles. The number of aromatic nitrogens is 2. The first-order chi connectivity index (χ1) is 7.51. The predicted octanol–water partition coefficient (Wildman–Crippen LogP) is -1.13. The van der Waals surface area contributed by atoms with E-state index in [1.54, 1.807) is 7.05 Å². The van der Waals surface area contributed by atoms with Crippen LogP contribution in [0.4, 0.5) is 0 Å². The molecule has 0 unspecified atom stereocenters. The summed E-state index contributed by atoms with van der Waals surface area (Å²) in [6.07, 6.45) is 2.53. The lowest BCUT2D eigenvalue weighted by Gasteiger charge is -2.30. The number of rotatable bonds is 2. The van der Waals surface area contributed by atoms with Gasteiger partial charge in [-0.2, -0.15) is 4.31 Å². The molecule has 1 aliphatic rings. The average molecular weight is 244 g/mol. The Morgan fingerprint density at radius 1 is 1.44 bits per heavy atom. The molecule has 1 aromatic rings. The first-order valence-corrected chi connectivity index (χ1v) is 6.18. The fraction of sp³-hybridized carbons (Fsp3) is 0.500. The fourth-order valence-corrected chi connectivity index (χ4v) is 2.74. The third-order valence-electron chi connectivity index (χ3n) is 2.51. The van der Waals surface area contributed by atoms with Crippen molar-refractivity contribution in [3.05, 3.63) is 12.5 Å². The number of hydrogen-bond donors (Lipinski definition) is 1. The molecule has 0 spiro atoms. The van der Waals surface area contributed by atoms with Crippen LogP contribution in [0.1, 0.15) is 0 Å². The van der Waals surface area contributed by atoms with Crippen LogP contribution in [-0.4, -0.2) is 60.2 Å². The molecule has 2 rings (SSSR count). The van der Waals surface area contributed by atoms with Crippen molar-refractivity contribution < 1.29 is 13.2 Å². The Kier molecular flexibility index (Phi) is 2.68. The number of carbonyl (C=O) groups excluding carboxylic acids is 1. The quantitative estimate of drug-likeness (QED) is 0.713. The zero-order chi connectivity index (χ0) is 11.8. The van der Waals surface area contributed by atoms with Gasteiger partial charge in [-0.1, -0.05) is 0 Å². The topological polar surface area (TPSA) is 86.4 Å². The second kappa shape index (κ2) is 3.87. The molecule has 8 heteroatoms. The zero-order valence-electron chi connectivity index (χ0n) is 8.75. The molecule has 0 saturated carbocycles. The number of imidazole rings is 1. The maximum Gasteiger partial charge on any atom is 0.260 e. The van der Waals surface area contributed by atoms with Crippen LogP contribution in [-0.2, 0) is 14.8 Å². The highest BCUT2D eigenvalue weighted by atomic mass is 32.2. The Morgan fingerprint density at radius 3 is 2.75 bits per heavy atom. The van der Waals surface area contributed by atoms with Gasteiger partial charge in [0.1, 0.15) is 0 Å². The van der Waals surface area contributed by atoms with Gasteiger partial charge < -0.3 is 9.88 Å². The Hall–Kier alpha value is -1.41. The second-order valence-corrected chi connectivity index (χ2v) is 5.48. The number of nitrogens with zero attached hydrogens (tertiary/aromatic N) is 3. The van der Waals surface area contributed by atoms with Crippen LogP contribution in [0.5, 0.6) is 0 Å². The van der Waals surface area contributed by atoms with E-state index in [9.17, 15) is 13.2 Å². The number of hydrogen-bond acceptors (Lipinski definition) is 4. The molecule has 88 valence electrons. The Bertz CT molecular complexity index is 481. The van der Waals surface area contributed by atoms with Crippen LogP contribution in [0.25, 0.3) is 0 Å². The van der Waals surface area contributed by atoms with E-state index in [0.717, 1.165) is 4.31 Å².